The molecule has 0 saturated carbocycles. The Morgan fingerprint density at radius 1 is 1.29 bits per heavy atom. The van der Waals surface area contributed by atoms with E-state index >= 15 is 0 Å². The first-order valence-corrected chi connectivity index (χ1v) is 12.4. The molecule has 1 N–H and O–H groups in total. The molecule has 7 nitrogen and oxygen atoms in total. The third kappa shape index (κ3) is 4.22. The van der Waals surface area contributed by atoms with Gasteiger partial charge in [0.15, 0.2) is 0 Å². The van der Waals surface area contributed by atoms with Crippen LogP contribution in [-0.2, 0) is 11.3 Å². The summed E-state index contributed by atoms with van der Waals surface area (Å²) in [5, 5.41) is 20.7. The van der Waals surface area contributed by atoms with Gasteiger partial charge in [0.1, 0.15) is 5.69 Å². The number of hydrogen-bond acceptors (Lipinski definition) is 7. The van der Waals surface area contributed by atoms with Crippen molar-refractivity contribution < 1.29 is 10.0 Å². The van der Waals surface area contributed by atoms with Crippen molar-refractivity contribution >= 4 is 33.2 Å². The van der Waals surface area contributed by atoms with E-state index in [-0.39, 0.29) is 28.7 Å². The molecular weight excluding hydrogens is 398 g/mol. The molecule has 154 valence electrons. The molecule has 1 aromatic rings. The number of aromatic nitrogens is 1. The van der Waals surface area contributed by atoms with Gasteiger partial charge in [-0.05, 0) is 43.7 Å². The Hall–Kier alpha value is -1.16. The molecule has 0 aliphatic carbocycles. The molecule has 0 aromatic carbocycles. The van der Waals surface area contributed by atoms with Gasteiger partial charge in [-0.25, -0.2) is 0 Å². The Morgan fingerprint density at radius 2 is 2.14 bits per heavy atom. The van der Waals surface area contributed by atoms with Gasteiger partial charge in [0, 0.05) is 48.7 Å². The van der Waals surface area contributed by atoms with E-state index in [1.54, 1.807) is 10.6 Å². The van der Waals surface area contributed by atoms with E-state index in [1.807, 2.05) is 26.5 Å². The third-order valence-corrected chi connectivity index (χ3v) is 9.04. The summed E-state index contributed by atoms with van der Waals surface area (Å²) in [6.07, 6.45) is 6.11. The SMILES string of the molecule is O=C(CCCCC1CCSS1)N1CC2CC(C1)c1ccc(N([O-])O)c(=O)n1C2. The second-order valence-corrected chi connectivity index (χ2v) is 10.8. The third-order valence-electron chi connectivity index (χ3n) is 6.04. The zero-order valence-corrected chi connectivity index (χ0v) is 17.4. The number of amides is 1. The zero-order valence-electron chi connectivity index (χ0n) is 15.8. The molecule has 0 spiro atoms. The highest BCUT2D eigenvalue weighted by Crippen LogP contribution is 2.40. The second-order valence-electron chi connectivity index (χ2n) is 8.00. The van der Waals surface area contributed by atoms with E-state index in [1.165, 1.54) is 24.7 Å². The standard InChI is InChI=1S/C19H26N3O4S2/c23-18(4-2-1-3-15-7-8-27-28-15)20-10-13-9-14(12-20)16-5-6-17(22(25)26)19(24)21(16)11-13/h5-6,13-15,25H,1-4,7-12H2/q-1. The van der Waals surface area contributed by atoms with Crippen molar-refractivity contribution in [3.8, 4) is 0 Å². The van der Waals surface area contributed by atoms with Gasteiger partial charge in [-0.2, -0.15) is 0 Å². The molecule has 9 heteroatoms. The van der Waals surface area contributed by atoms with E-state index in [4.69, 9.17) is 5.21 Å². The van der Waals surface area contributed by atoms with E-state index in [2.05, 4.69) is 0 Å². The molecule has 28 heavy (non-hydrogen) atoms. The number of likely N-dealkylation sites (tertiary alicyclic amines) is 1. The average molecular weight is 425 g/mol. The van der Waals surface area contributed by atoms with Crippen LogP contribution in [0.15, 0.2) is 16.9 Å². The summed E-state index contributed by atoms with van der Waals surface area (Å²) in [5.74, 6) is 1.80. The summed E-state index contributed by atoms with van der Waals surface area (Å²) in [6, 6.07) is 3.12. The number of fused-ring (bicyclic) bond motifs is 4. The van der Waals surface area contributed by atoms with Crippen molar-refractivity contribution in [3.05, 3.63) is 33.4 Å². The van der Waals surface area contributed by atoms with Gasteiger partial charge >= 0.3 is 0 Å². The van der Waals surface area contributed by atoms with E-state index in [9.17, 15) is 14.8 Å². The number of carbonyl (C=O) groups excluding carboxylic acids is 1. The molecule has 4 rings (SSSR count). The summed E-state index contributed by atoms with van der Waals surface area (Å²) >= 11 is 0. The van der Waals surface area contributed by atoms with E-state index in [0.29, 0.717) is 26.1 Å². The smallest absolute Gasteiger partial charge is 0.275 e. The molecule has 2 saturated heterocycles. The fourth-order valence-electron chi connectivity index (χ4n) is 4.65. The van der Waals surface area contributed by atoms with Crippen LogP contribution >= 0.6 is 21.6 Å². The lowest BCUT2D eigenvalue weighted by Gasteiger charge is -2.43. The van der Waals surface area contributed by atoms with Crippen molar-refractivity contribution in [1.29, 1.82) is 0 Å². The lowest BCUT2D eigenvalue weighted by atomic mass is 9.83. The molecule has 2 bridgehead atoms. The molecule has 4 heterocycles. The first kappa shape index (κ1) is 20.1. The number of hydrogen-bond donors (Lipinski definition) is 1. The first-order chi connectivity index (χ1) is 13.5. The minimum Gasteiger partial charge on any atom is -0.733 e. The fraction of sp³-hybridized carbons (Fsp3) is 0.684. The van der Waals surface area contributed by atoms with Crippen LogP contribution in [0, 0.1) is 11.1 Å². The largest absolute Gasteiger partial charge is 0.733 e. The number of unbranched alkanes of at least 4 members (excludes halogenated alkanes) is 1. The van der Waals surface area contributed by atoms with Crippen LogP contribution in [0.4, 0.5) is 5.69 Å². The Bertz CT molecular complexity index is 779. The molecular formula is C19H26N3O4S2-. The predicted molar refractivity (Wildman–Crippen MR) is 113 cm³/mol. The monoisotopic (exact) mass is 424 g/mol. The average Bonchev–Trinajstić information content (AvgIpc) is 3.19. The number of anilines is 1. The van der Waals surface area contributed by atoms with Gasteiger partial charge in [0.25, 0.3) is 5.56 Å². The highest BCUT2D eigenvalue weighted by atomic mass is 33.1. The van der Waals surface area contributed by atoms with Crippen LogP contribution in [0.25, 0.3) is 0 Å². The van der Waals surface area contributed by atoms with Crippen LogP contribution in [0.2, 0.25) is 0 Å². The molecule has 3 atom stereocenters. The number of carbonyl (C=O) groups is 1. The molecule has 2 fully saturated rings. The predicted octanol–water partition coefficient (Wildman–Crippen LogP) is 3.20. The van der Waals surface area contributed by atoms with Crippen LogP contribution in [0.3, 0.4) is 0 Å². The van der Waals surface area contributed by atoms with Crippen LogP contribution in [0.5, 0.6) is 0 Å². The lowest BCUT2D eigenvalue weighted by Crippen LogP contribution is -2.49. The van der Waals surface area contributed by atoms with Crippen molar-refractivity contribution in [3.63, 3.8) is 0 Å². The van der Waals surface area contributed by atoms with E-state index < -0.39 is 5.56 Å². The maximum absolute atomic E-state index is 12.7. The minimum atomic E-state index is -0.451. The highest BCUT2D eigenvalue weighted by Gasteiger charge is 2.36. The fourth-order valence-corrected chi connectivity index (χ4v) is 7.68. The normalized spacial score (nSPS) is 26.2. The summed E-state index contributed by atoms with van der Waals surface area (Å²) in [5.41, 5.74) is 0.156. The van der Waals surface area contributed by atoms with Crippen LogP contribution in [0.1, 0.15) is 50.1 Å². The topological polar surface area (TPSA) is 88.8 Å². The van der Waals surface area contributed by atoms with Crippen molar-refractivity contribution in [2.45, 2.75) is 56.2 Å². The van der Waals surface area contributed by atoms with Crippen molar-refractivity contribution in [2.24, 2.45) is 5.92 Å². The van der Waals surface area contributed by atoms with Crippen LogP contribution in [-0.4, -0.2) is 44.7 Å². The Morgan fingerprint density at radius 3 is 2.89 bits per heavy atom. The second kappa shape index (κ2) is 8.69. The van der Waals surface area contributed by atoms with Crippen molar-refractivity contribution in [1.82, 2.24) is 9.47 Å². The minimum absolute atomic E-state index is 0.115. The Kier molecular flexibility index (Phi) is 6.24. The highest BCUT2D eigenvalue weighted by molar-refractivity contribution is 8.77. The lowest BCUT2D eigenvalue weighted by molar-refractivity contribution is -0.134. The zero-order chi connectivity index (χ0) is 19.7. The van der Waals surface area contributed by atoms with Gasteiger partial charge in [-0.1, -0.05) is 28.0 Å². The summed E-state index contributed by atoms with van der Waals surface area (Å²) < 4.78 is 1.61. The van der Waals surface area contributed by atoms with Gasteiger partial charge < -0.3 is 19.9 Å². The Balaban J connectivity index is 1.35. The number of pyridine rings is 1. The van der Waals surface area contributed by atoms with Gasteiger partial charge in [-0.3, -0.25) is 14.8 Å². The number of nitrogens with zero attached hydrogens (tertiary/aromatic N) is 3. The quantitative estimate of drug-likeness (QED) is 0.426. The Labute approximate surface area is 172 Å². The van der Waals surface area contributed by atoms with E-state index in [0.717, 1.165) is 30.2 Å². The molecule has 3 aliphatic rings. The number of rotatable bonds is 6. The molecule has 3 unspecified atom stereocenters. The maximum atomic E-state index is 12.7. The maximum Gasteiger partial charge on any atom is 0.275 e. The summed E-state index contributed by atoms with van der Waals surface area (Å²) in [7, 11) is 3.95. The molecule has 1 amide bonds. The molecule has 1 aromatic heterocycles. The van der Waals surface area contributed by atoms with Gasteiger partial charge in [-0.15, -0.1) is 0 Å². The molecule has 0 radical (unpaired) electrons. The van der Waals surface area contributed by atoms with Crippen LogP contribution < -0.4 is 10.8 Å². The number of piperidine rings is 1. The summed E-state index contributed by atoms with van der Waals surface area (Å²) in [4.78, 5) is 27.1. The summed E-state index contributed by atoms with van der Waals surface area (Å²) in [6.45, 7) is 1.79. The van der Waals surface area contributed by atoms with Gasteiger partial charge in [0.05, 0.1) is 0 Å². The first-order valence-electron chi connectivity index (χ1n) is 9.99. The van der Waals surface area contributed by atoms with Gasteiger partial charge in [0.2, 0.25) is 5.91 Å². The molecule has 3 aliphatic heterocycles. The van der Waals surface area contributed by atoms with Crippen molar-refractivity contribution in [2.75, 3.05) is 24.1 Å².